The molecule has 0 saturated heterocycles. The average Bonchev–Trinajstić information content (AvgIpc) is 3.61. The predicted octanol–water partition coefficient (Wildman–Crippen LogP) is 9.18. The summed E-state index contributed by atoms with van der Waals surface area (Å²) in [7, 11) is 0. The fourth-order valence-electron chi connectivity index (χ4n) is 4.32. The molecule has 18 heteroatoms. The molecule has 0 aliphatic carbocycles. The molecule has 54 heavy (non-hydrogen) atoms. The van der Waals surface area contributed by atoms with Crippen molar-refractivity contribution >= 4 is 40.9 Å². The molecule has 0 aliphatic rings. The zero-order valence-electron chi connectivity index (χ0n) is 30.0. The number of halogens is 6. The van der Waals surface area contributed by atoms with E-state index in [1.807, 2.05) is 26.4 Å². The molecule has 2 aromatic carbocycles. The van der Waals surface area contributed by atoms with Gasteiger partial charge >= 0.3 is 12.4 Å². The molecule has 0 atom stereocenters. The van der Waals surface area contributed by atoms with Crippen molar-refractivity contribution in [2.24, 2.45) is 11.8 Å². The third-order valence-electron chi connectivity index (χ3n) is 7.28. The number of rotatable bonds is 10. The first-order valence-electron chi connectivity index (χ1n) is 16.1. The van der Waals surface area contributed by atoms with Crippen LogP contribution < -0.4 is 11.3 Å². The number of nitrogens with one attached hydrogen (secondary N) is 1. The van der Waals surface area contributed by atoms with Crippen LogP contribution in [0.1, 0.15) is 67.2 Å². The van der Waals surface area contributed by atoms with Crippen LogP contribution in [0.4, 0.5) is 32.2 Å². The highest BCUT2D eigenvalue weighted by molar-refractivity contribution is 7.98. The summed E-state index contributed by atoms with van der Waals surface area (Å²) in [5.41, 5.74) is 2.55. The van der Waals surface area contributed by atoms with Gasteiger partial charge in [-0.25, -0.2) is 30.5 Å². The maximum Gasteiger partial charge on any atom is 0.416 e. The molecule has 3 N–H and O–H groups in total. The van der Waals surface area contributed by atoms with E-state index < -0.39 is 29.3 Å². The Morgan fingerprint density at radius 3 is 1.93 bits per heavy atom. The molecule has 0 spiro atoms. The number of hydrogen-bond donors (Lipinski definition) is 2. The lowest BCUT2D eigenvalue weighted by Gasteiger charge is -2.10. The molecule has 5 rings (SSSR count). The molecule has 0 fully saturated rings. The smallest absolute Gasteiger partial charge is 0.308 e. The van der Waals surface area contributed by atoms with Gasteiger partial charge in [-0.3, -0.25) is 9.59 Å². The van der Waals surface area contributed by atoms with Crippen molar-refractivity contribution in [3.05, 3.63) is 102 Å². The number of nitrogens with zero attached hydrogens (tertiary/aromatic N) is 6. The highest BCUT2D eigenvalue weighted by atomic mass is 32.2. The molecule has 288 valence electrons. The minimum atomic E-state index is -4.49. The lowest BCUT2D eigenvalue weighted by molar-refractivity contribution is -0.138. The summed E-state index contributed by atoms with van der Waals surface area (Å²) in [4.78, 5) is 39.6. The monoisotopic (exact) mass is 792 g/mol. The molecule has 3 aromatic heterocycles. The second kappa shape index (κ2) is 19.5. The van der Waals surface area contributed by atoms with Gasteiger partial charge in [0, 0.05) is 41.6 Å². The van der Waals surface area contributed by atoms with Gasteiger partial charge in [-0.1, -0.05) is 75.5 Å². The molecule has 0 aliphatic heterocycles. The number of alkyl halides is 6. The highest BCUT2D eigenvalue weighted by Gasteiger charge is 2.32. The molecule has 0 saturated carbocycles. The van der Waals surface area contributed by atoms with E-state index >= 15 is 0 Å². The number of thioether (sulfide) groups is 2. The van der Waals surface area contributed by atoms with E-state index in [1.165, 1.54) is 35.7 Å². The first-order valence-corrected chi connectivity index (χ1v) is 18.5. The van der Waals surface area contributed by atoms with E-state index in [4.69, 9.17) is 5.84 Å². The fourth-order valence-corrected chi connectivity index (χ4v) is 5.02. The molecule has 0 bridgehead atoms. The lowest BCUT2D eigenvalue weighted by atomic mass is 9.99. The van der Waals surface area contributed by atoms with E-state index in [0.717, 1.165) is 41.2 Å². The van der Waals surface area contributed by atoms with Crippen molar-refractivity contribution < 1.29 is 35.9 Å². The molecule has 3 heterocycles. The Morgan fingerprint density at radius 1 is 0.796 bits per heavy atom. The third kappa shape index (κ3) is 12.7. The number of nitrogen functional groups attached to an aromatic ring is 1. The Hall–Kier alpha value is -4.81. The molecule has 0 radical (unpaired) electrons. The Bertz CT molecular complexity index is 2000. The van der Waals surface area contributed by atoms with Crippen molar-refractivity contribution in [1.29, 1.82) is 0 Å². The number of carbonyl (C=O) groups excluding carboxylic acids is 2. The van der Waals surface area contributed by atoms with Crippen LogP contribution in [0.15, 0.2) is 89.4 Å². The van der Waals surface area contributed by atoms with Crippen LogP contribution in [0.5, 0.6) is 0 Å². The van der Waals surface area contributed by atoms with Crippen LogP contribution in [0.2, 0.25) is 0 Å². The number of hydrazine groups is 1. The predicted molar refractivity (Wildman–Crippen MR) is 197 cm³/mol. The van der Waals surface area contributed by atoms with E-state index in [9.17, 15) is 35.9 Å². The Morgan fingerprint density at radius 2 is 1.37 bits per heavy atom. The normalized spacial score (nSPS) is 11.4. The number of benzene rings is 2. The number of carbonyl (C=O) groups is 2. The maximum absolute atomic E-state index is 13.1. The summed E-state index contributed by atoms with van der Waals surface area (Å²) < 4.78 is 78.2. The number of aromatic nitrogens is 6. The third-order valence-corrected chi connectivity index (χ3v) is 8.40. The summed E-state index contributed by atoms with van der Waals surface area (Å²) >= 11 is 2.87. The van der Waals surface area contributed by atoms with E-state index in [2.05, 4.69) is 30.5 Å². The molecule has 5 aromatic rings. The largest absolute Gasteiger partial charge is 0.416 e. The lowest BCUT2D eigenvalue weighted by Crippen LogP contribution is -2.14. The van der Waals surface area contributed by atoms with Gasteiger partial charge in [-0.15, -0.1) is 0 Å². The number of anilines is 1. The Kier molecular flexibility index (Phi) is 15.7. The van der Waals surface area contributed by atoms with Gasteiger partial charge in [0.25, 0.3) is 0 Å². The molecular weight excluding hydrogens is 755 g/mol. The van der Waals surface area contributed by atoms with Crippen LogP contribution in [0.3, 0.4) is 0 Å². The van der Waals surface area contributed by atoms with Crippen LogP contribution in [0.25, 0.3) is 17.1 Å². The molecular formula is C36H38F6N8O2S2. The van der Waals surface area contributed by atoms with Gasteiger partial charge in [0.1, 0.15) is 11.6 Å². The van der Waals surface area contributed by atoms with E-state index in [1.54, 1.807) is 55.2 Å². The zero-order chi connectivity index (χ0) is 40.2. The topological polar surface area (TPSA) is 142 Å². The minimum Gasteiger partial charge on any atom is -0.308 e. The quantitative estimate of drug-likeness (QED) is 0.0266. The molecule has 0 amide bonds. The van der Waals surface area contributed by atoms with E-state index in [-0.39, 0.29) is 29.6 Å². The average molecular weight is 793 g/mol. The zero-order valence-corrected chi connectivity index (χ0v) is 31.7. The number of nitrogens with two attached hydrogens (primary N) is 1. The van der Waals surface area contributed by atoms with Crippen molar-refractivity contribution in [2.45, 2.75) is 62.7 Å². The molecule has 10 nitrogen and oxygen atoms in total. The van der Waals surface area contributed by atoms with Crippen molar-refractivity contribution in [3.63, 3.8) is 0 Å². The first kappa shape index (κ1) is 43.6. The van der Waals surface area contributed by atoms with Gasteiger partial charge < -0.3 is 5.43 Å². The maximum atomic E-state index is 13.1. The standard InChI is InChI=1S/C18H17F3N4S.C13H13F3O2.C5H8N4S/c1-11(2)14-10-15(12-5-4-6-13(9-12)18(19,20)21)25(24-14)16-7-8-22-17(23-16)26-3;1-8(2)11(17)7-12(18)9-4-3-5-10(6-9)13(14,15)16;1-10-5-7-3-2-4(8-5)9-6/h4-11H,1-3H3;3-6,8H,7H2,1-2H3;2-3H,6H2,1H3,(H,7,8,9). The van der Waals surface area contributed by atoms with Crippen LogP contribution >= 0.6 is 23.5 Å². The van der Waals surface area contributed by atoms with Crippen molar-refractivity contribution in [2.75, 3.05) is 17.9 Å². The summed E-state index contributed by atoms with van der Waals surface area (Å²) in [6.45, 7) is 7.25. The van der Waals surface area contributed by atoms with Gasteiger partial charge in [0.15, 0.2) is 21.9 Å². The second-order valence-electron chi connectivity index (χ2n) is 11.9. The SMILES string of the molecule is CC(C)C(=O)CC(=O)c1cccc(C(F)(F)F)c1.CSc1nccc(-n2nc(C(C)C)cc2-c2cccc(C(F)(F)F)c2)n1.CSc1nccc(NN)n1. The fraction of sp³-hybridized carbons (Fsp3) is 0.306. The van der Waals surface area contributed by atoms with Crippen molar-refractivity contribution in [1.82, 2.24) is 29.7 Å². The summed E-state index contributed by atoms with van der Waals surface area (Å²) in [5.74, 6) is 5.24. The Balaban J connectivity index is 0.000000242. The van der Waals surface area contributed by atoms with Gasteiger partial charge in [0.05, 0.1) is 28.9 Å². The van der Waals surface area contributed by atoms with Gasteiger partial charge in [-0.05, 0) is 48.8 Å². The minimum absolute atomic E-state index is 0.0844. The van der Waals surface area contributed by atoms with Crippen molar-refractivity contribution in [3.8, 4) is 17.1 Å². The number of Topliss-reactive ketones (excluding diaryl/α,β-unsaturated/α-hetero) is 2. The first-order chi connectivity index (χ1) is 25.4. The second-order valence-corrected chi connectivity index (χ2v) is 13.4. The number of hydrogen-bond acceptors (Lipinski definition) is 11. The van der Waals surface area contributed by atoms with Gasteiger partial charge in [-0.2, -0.15) is 31.4 Å². The highest BCUT2D eigenvalue weighted by Crippen LogP contribution is 2.34. The summed E-state index contributed by atoms with van der Waals surface area (Å²) in [6, 6.07) is 14.5. The van der Waals surface area contributed by atoms with E-state index in [0.29, 0.717) is 28.0 Å². The van der Waals surface area contributed by atoms with Crippen LogP contribution in [-0.4, -0.2) is 53.8 Å². The van der Waals surface area contributed by atoms with Crippen LogP contribution in [-0.2, 0) is 17.1 Å². The van der Waals surface area contributed by atoms with Gasteiger partial charge in [0.2, 0.25) is 0 Å². The molecule has 0 unspecified atom stereocenters. The van der Waals surface area contributed by atoms with Crippen LogP contribution in [0, 0.1) is 5.92 Å². The Labute approximate surface area is 316 Å². The summed E-state index contributed by atoms with van der Waals surface area (Å²) in [6.07, 6.45) is -2.21. The summed E-state index contributed by atoms with van der Waals surface area (Å²) in [5, 5.41) is 5.85. The number of ketones is 2.